The van der Waals surface area contributed by atoms with E-state index < -0.39 is 35.8 Å². The Morgan fingerprint density at radius 1 is 1.09 bits per heavy atom. The number of carbonyl (C=O) groups excluding carboxylic acids is 1. The predicted octanol–water partition coefficient (Wildman–Crippen LogP) is 3.34. The number of hydrogen-bond acceptors (Lipinski definition) is 3. The molecule has 0 saturated carbocycles. The summed E-state index contributed by atoms with van der Waals surface area (Å²) in [5.74, 6) is -3.15. The number of carboxylic acids is 1. The third-order valence-electron chi connectivity index (χ3n) is 2.93. The minimum absolute atomic E-state index is 0.0200. The number of ether oxygens (including phenoxy) is 1. The SMILES string of the molecule is O=C(O)Cc1cc(F)c(NC(=O)OCc2ccccc2)cc1F. The van der Waals surface area contributed by atoms with Gasteiger partial charge in [0.1, 0.15) is 18.2 Å². The lowest BCUT2D eigenvalue weighted by molar-refractivity contribution is -0.136. The number of hydrogen-bond donors (Lipinski definition) is 2. The fourth-order valence-electron chi connectivity index (χ4n) is 1.85. The second-order valence-corrected chi connectivity index (χ2v) is 4.68. The molecule has 7 heteroatoms. The van der Waals surface area contributed by atoms with Crippen LogP contribution in [0.25, 0.3) is 0 Å². The molecule has 0 atom stereocenters. The van der Waals surface area contributed by atoms with Gasteiger partial charge in [0.2, 0.25) is 0 Å². The Labute approximate surface area is 130 Å². The summed E-state index contributed by atoms with van der Waals surface area (Å²) in [5.41, 5.74) is 0.0130. The van der Waals surface area contributed by atoms with Gasteiger partial charge in [0.25, 0.3) is 0 Å². The van der Waals surface area contributed by atoms with E-state index in [1.54, 1.807) is 30.3 Å². The van der Waals surface area contributed by atoms with Crippen molar-refractivity contribution in [1.29, 1.82) is 0 Å². The number of anilines is 1. The maximum absolute atomic E-state index is 13.8. The highest BCUT2D eigenvalue weighted by molar-refractivity contribution is 5.85. The first-order valence-corrected chi connectivity index (χ1v) is 6.63. The normalized spacial score (nSPS) is 10.2. The molecule has 0 saturated heterocycles. The Kier molecular flexibility index (Phi) is 5.24. The summed E-state index contributed by atoms with van der Waals surface area (Å²) in [6.45, 7) is -0.0200. The second-order valence-electron chi connectivity index (χ2n) is 4.68. The maximum atomic E-state index is 13.8. The van der Waals surface area contributed by atoms with Crippen LogP contribution in [-0.4, -0.2) is 17.2 Å². The van der Waals surface area contributed by atoms with E-state index in [0.29, 0.717) is 0 Å². The third kappa shape index (κ3) is 4.77. The van der Waals surface area contributed by atoms with E-state index in [1.807, 2.05) is 0 Å². The third-order valence-corrected chi connectivity index (χ3v) is 2.93. The summed E-state index contributed by atoms with van der Waals surface area (Å²) >= 11 is 0. The van der Waals surface area contributed by atoms with Crippen LogP contribution in [0.15, 0.2) is 42.5 Å². The Morgan fingerprint density at radius 2 is 1.78 bits per heavy atom. The van der Waals surface area contributed by atoms with Crippen molar-refractivity contribution in [3.8, 4) is 0 Å². The zero-order chi connectivity index (χ0) is 16.8. The van der Waals surface area contributed by atoms with Gasteiger partial charge in [-0.2, -0.15) is 0 Å². The Morgan fingerprint density at radius 3 is 2.43 bits per heavy atom. The molecule has 1 amide bonds. The highest BCUT2D eigenvalue weighted by Crippen LogP contribution is 2.20. The molecule has 0 aromatic heterocycles. The lowest BCUT2D eigenvalue weighted by atomic mass is 10.1. The van der Waals surface area contributed by atoms with Crippen molar-refractivity contribution in [2.24, 2.45) is 0 Å². The van der Waals surface area contributed by atoms with Gasteiger partial charge in [-0.3, -0.25) is 10.1 Å². The van der Waals surface area contributed by atoms with Crippen LogP contribution >= 0.6 is 0 Å². The van der Waals surface area contributed by atoms with E-state index in [9.17, 15) is 18.4 Å². The summed E-state index contributed by atoms with van der Waals surface area (Å²) in [6, 6.07) is 10.3. The predicted molar refractivity (Wildman–Crippen MR) is 77.9 cm³/mol. The van der Waals surface area contributed by atoms with Gasteiger partial charge in [-0.15, -0.1) is 0 Å². The van der Waals surface area contributed by atoms with Crippen molar-refractivity contribution in [2.45, 2.75) is 13.0 Å². The number of carboxylic acid groups (broad SMARTS) is 1. The van der Waals surface area contributed by atoms with Gasteiger partial charge in [0.15, 0.2) is 0 Å². The molecule has 23 heavy (non-hydrogen) atoms. The molecule has 2 aromatic carbocycles. The molecule has 5 nitrogen and oxygen atoms in total. The molecule has 0 spiro atoms. The van der Waals surface area contributed by atoms with Crippen molar-refractivity contribution in [1.82, 2.24) is 0 Å². The number of nitrogens with one attached hydrogen (secondary N) is 1. The average Bonchev–Trinajstić information content (AvgIpc) is 2.51. The molecule has 2 rings (SSSR count). The summed E-state index contributed by atoms with van der Waals surface area (Å²) in [5, 5.41) is 10.7. The highest BCUT2D eigenvalue weighted by atomic mass is 19.1. The molecule has 2 aromatic rings. The topological polar surface area (TPSA) is 75.6 Å². The molecule has 2 N–H and O–H groups in total. The van der Waals surface area contributed by atoms with Crippen LogP contribution in [0, 0.1) is 11.6 Å². The lowest BCUT2D eigenvalue weighted by Gasteiger charge is -2.09. The standard InChI is InChI=1S/C16H13F2NO4/c17-12-8-14(13(18)6-11(12)7-15(20)21)19-16(22)23-9-10-4-2-1-3-5-10/h1-6,8H,7,9H2,(H,19,22)(H,20,21). The molecule has 0 aliphatic heterocycles. The number of rotatable bonds is 5. The Balaban J connectivity index is 2.00. The van der Waals surface area contributed by atoms with Crippen molar-refractivity contribution in [3.63, 3.8) is 0 Å². The van der Waals surface area contributed by atoms with Gasteiger partial charge < -0.3 is 9.84 Å². The summed E-state index contributed by atoms with van der Waals surface area (Å²) in [4.78, 5) is 22.1. The van der Waals surface area contributed by atoms with Crippen molar-refractivity contribution >= 4 is 17.7 Å². The minimum Gasteiger partial charge on any atom is -0.481 e. The minimum atomic E-state index is -1.29. The van der Waals surface area contributed by atoms with Crippen LogP contribution in [0.1, 0.15) is 11.1 Å². The number of carbonyl (C=O) groups is 2. The Bertz CT molecular complexity index is 720. The zero-order valence-corrected chi connectivity index (χ0v) is 11.9. The van der Waals surface area contributed by atoms with Gasteiger partial charge >= 0.3 is 12.1 Å². The first kappa shape index (κ1) is 16.4. The first-order valence-electron chi connectivity index (χ1n) is 6.63. The van der Waals surface area contributed by atoms with E-state index >= 15 is 0 Å². The lowest BCUT2D eigenvalue weighted by Crippen LogP contribution is -2.15. The fraction of sp³-hybridized carbons (Fsp3) is 0.125. The molecule has 0 bridgehead atoms. The van der Waals surface area contributed by atoms with Crippen LogP contribution < -0.4 is 5.32 Å². The molecule has 0 aliphatic carbocycles. The van der Waals surface area contributed by atoms with Gasteiger partial charge in [0, 0.05) is 11.6 Å². The Hall–Kier alpha value is -2.96. The molecule has 0 unspecified atom stereocenters. The first-order chi connectivity index (χ1) is 11.0. The fourth-order valence-corrected chi connectivity index (χ4v) is 1.85. The van der Waals surface area contributed by atoms with Gasteiger partial charge in [-0.05, 0) is 11.6 Å². The van der Waals surface area contributed by atoms with E-state index in [0.717, 1.165) is 17.7 Å². The largest absolute Gasteiger partial charge is 0.481 e. The van der Waals surface area contributed by atoms with Crippen LogP contribution in [0.3, 0.4) is 0 Å². The second kappa shape index (κ2) is 7.35. The molecular weight excluding hydrogens is 308 g/mol. The van der Waals surface area contributed by atoms with E-state index in [2.05, 4.69) is 5.32 Å². The zero-order valence-electron chi connectivity index (χ0n) is 11.9. The number of benzene rings is 2. The molecule has 0 fully saturated rings. The van der Waals surface area contributed by atoms with Crippen molar-refractivity contribution in [2.75, 3.05) is 5.32 Å². The smallest absolute Gasteiger partial charge is 0.412 e. The number of halogens is 2. The van der Waals surface area contributed by atoms with E-state index in [-0.39, 0.29) is 12.2 Å². The summed E-state index contributed by atoms with van der Waals surface area (Å²) in [7, 11) is 0. The summed E-state index contributed by atoms with van der Waals surface area (Å²) in [6.07, 6.45) is -1.60. The van der Waals surface area contributed by atoms with E-state index in [1.165, 1.54) is 0 Å². The molecular formula is C16H13F2NO4. The number of amides is 1. The average molecular weight is 321 g/mol. The monoisotopic (exact) mass is 321 g/mol. The quantitative estimate of drug-likeness (QED) is 0.885. The van der Waals surface area contributed by atoms with Crippen LogP contribution in [0.2, 0.25) is 0 Å². The van der Waals surface area contributed by atoms with Crippen molar-refractivity contribution in [3.05, 3.63) is 65.2 Å². The highest BCUT2D eigenvalue weighted by Gasteiger charge is 2.15. The van der Waals surface area contributed by atoms with Gasteiger partial charge in [-0.25, -0.2) is 13.6 Å². The molecule has 120 valence electrons. The van der Waals surface area contributed by atoms with Crippen LogP contribution in [-0.2, 0) is 22.6 Å². The van der Waals surface area contributed by atoms with Gasteiger partial charge in [0.05, 0.1) is 12.1 Å². The van der Waals surface area contributed by atoms with Crippen LogP contribution in [0.5, 0.6) is 0 Å². The molecule has 0 radical (unpaired) electrons. The van der Waals surface area contributed by atoms with Gasteiger partial charge in [-0.1, -0.05) is 30.3 Å². The number of aliphatic carboxylic acids is 1. The van der Waals surface area contributed by atoms with E-state index in [4.69, 9.17) is 9.84 Å². The maximum Gasteiger partial charge on any atom is 0.412 e. The van der Waals surface area contributed by atoms with Crippen LogP contribution in [0.4, 0.5) is 19.3 Å². The summed E-state index contributed by atoms with van der Waals surface area (Å²) < 4.78 is 32.3. The molecule has 0 heterocycles. The molecule has 0 aliphatic rings. The van der Waals surface area contributed by atoms with Crippen molar-refractivity contribution < 1.29 is 28.2 Å².